The first-order chi connectivity index (χ1) is 17.3. The Balaban J connectivity index is 1.86. The molecular formula is C29H31NO6. The average molecular weight is 490 g/mol. The van der Waals surface area contributed by atoms with E-state index in [4.69, 9.17) is 13.9 Å². The molecule has 188 valence electrons. The molecule has 0 radical (unpaired) electrons. The largest absolute Gasteiger partial charge is 0.507 e. The number of nitrogens with zero attached hydrogens (tertiary/aromatic N) is 1. The maximum absolute atomic E-state index is 13.3. The summed E-state index contributed by atoms with van der Waals surface area (Å²) in [7, 11) is 1.55. The number of Topliss-reactive ketones (excluding diaryl/α,β-unsaturated/α-hetero) is 1. The van der Waals surface area contributed by atoms with Crippen LogP contribution in [0, 0.1) is 6.92 Å². The standard InChI is InChI=1S/C29H31NO6/c1-6-35-23-14-12-19(15-21(23)17(2)3)27(31)25-26(24-13-11-18(4)36-24)30(29(33)28(25)32)16-20-9-7-8-10-22(20)34-5/h7-15,17,26,31H,6,16H2,1-5H3/b27-25+. The van der Waals surface area contributed by atoms with Crippen molar-refractivity contribution in [1.82, 2.24) is 4.90 Å². The number of carbonyl (C=O) groups is 2. The number of rotatable bonds is 8. The summed E-state index contributed by atoms with van der Waals surface area (Å²) in [5, 5.41) is 11.4. The Morgan fingerprint density at radius 3 is 2.47 bits per heavy atom. The van der Waals surface area contributed by atoms with Crippen LogP contribution in [-0.2, 0) is 16.1 Å². The van der Waals surface area contributed by atoms with Crippen molar-refractivity contribution < 1.29 is 28.6 Å². The highest BCUT2D eigenvalue weighted by molar-refractivity contribution is 6.46. The van der Waals surface area contributed by atoms with Crippen molar-refractivity contribution in [2.45, 2.75) is 46.2 Å². The number of ether oxygens (including phenoxy) is 2. The monoisotopic (exact) mass is 489 g/mol. The quantitative estimate of drug-likeness (QED) is 0.247. The molecule has 1 fully saturated rings. The number of aliphatic hydroxyl groups is 1. The van der Waals surface area contributed by atoms with E-state index in [1.165, 1.54) is 4.90 Å². The Bertz CT molecular complexity index is 1320. The number of aryl methyl sites for hydroxylation is 1. The van der Waals surface area contributed by atoms with Crippen LogP contribution in [0.4, 0.5) is 0 Å². The van der Waals surface area contributed by atoms with E-state index in [0.29, 0.717) is 29.4 Å². The van der Waals surface area contributed by atoms with Gasteiger partial charge in [0, 0.05) is 11.1 Å². The number of hydrogen-bond acceptors (Lipinski definition) is 6. The molecule has 1 amide bonds. The Kier molecular flexibility index (Phi) is 7.20. The van der Waals surface area contributed by atoms with Gasteiger partial charge in [-0.2, -0.15) is 0 Å². The molecule has 7 heteroatoms. The molecule has 0 saturated carbocycles. The van der Waals surface area contributed by atoms with Crippen LogP contribution in [0.25, 0.3) is 5.76 Å². The summed E-state index contributed by atoms with van der Waals surface area (Å²) in [5.74, 6) is 0.753. The molecule has 1 N–H and O–H groups in total. The maximum Gasteiger partial charge on any atom is 0.296 e. The van der Waals surface area contributed by atoms with Crippen molar-refractivity contribution >= 4 is 17.4 Å². The lowest BCUT2D eigenvalue weighted by molar-refractivity contribution is -0.140. The Morgan fingerprint density at radius 1 is 1.08 bits per heavy atom. The molecule has 2 heterocycles. The minimum atomic E-state index is -0.891. The van der Waals surface area contributed by atoms with Crippen molar-refractivity contribution in [1.29, 1.82) is 0 Å². The lowest BCUT2D eigenvalue weighted by Crippen LogP contribution is -2.29. The van der Waals surface area contributed by atoms with E-state index in [1.54, 1.807) is 44.4 Å². The minimum absolute atomic E-state index is 0.0110. The first-order valence-electron chi connectivity index (χ1n) is 12.0. The second kappa shape index (κ2) is 10.3. The molecule has 0 aliphatic carbocycles. The first kappa shape index (κ1) is 25.1. The topological polar surface area (TPSA) is 89.2 Å². The molecule has 1 atom stereocenters. The molecule has 3 aromatic rings. The van der Waals surface area contributed by atoms with Crippen molar-refractivity contribution in [2.24, 2.45) is 0 Å². The Hall–Kier alpha value is -4.00. The fraction of sp³-hybridized carbons (Fsp3) is 0.310. The predicted octanol–water partition coefficient (Wildman–Crippen LogP) is 5.74. The van der Waals surface area contributed by atoms with Gasteiger partial charge in [-0.1, -0.05) is 32.0 Å². The average Bonchev–Trinajstić information content (AvgIpc) is 3.40. The lowest BCUT2D eigenvalue weighted by Gasteiger charge is -2.24. The number of amides is 1. The summed E-state index contributed by atoms with van der Waals surface area (Å²) in [6.07, 6.45) is 0. The van der Waals surface area contributed by atoms with E-state index >= 15 is 0 Å². The number of benzene rings is 2. The molecule has 7 nitrogen and oxygen atoms in total. The molecule has 1 aliphatic rings. The number of methoxy groups -OCH3 is 1. The number of para-hydroxylation sites is 1. The molecule has 1 saturated heterocycles. The highest BCUT2D eigenvalue weighted by atomic mass is 16.5. The highest BCUT2D eigenvalue weighted by Gasteiger charge is 2.47. The van der Waals surface area contributed by atoms with Crippen LogP contribution < -0.4 is 9.47 Å². The summed E-state index contributed by atoms with van der Waals surface area (Å²) in [6.45, 7) is 8.37. The molecule has 0 bridgehead atoms. The molecule has 1 aliphatic heterocycles. The van der Waals surface area contributed by atoms with Gasteiger partial charge in [0.15, 0.2) is 0 Å². The predicted molar refractivity (Wildman–Crippen MR) is 136 cm³/mol. The van der Waals surface area contributed by atoms with Crippen molar-refractivity contribution in [3.63, 3.8) is 0 Å². The third-order valence-electron chi connectivity index (χ3n) is 6.31. The van der Waals surface area contributed by atoms with Crippen LogP contribution in [0.2, 0.25) is 0 Å². The normalized spacial score (nSPS) is 17.2. The third kappa shape index (κ3) is 4.61. The van der Waals surface area contributed by atoms with E-state index in [0.717, 1.165) is 16.9 Å². The van der Waals surface area contributed by atoms with Crippen LogP contribution in [0.5, 0.6) is 11.5 Å². The number of furan rings is 1. The second-order valence-electron chi connectivity index (χ2n) is 9.03. The number of ketones is 1. The molecule has 4 rings (SSSR count). The van der Waals surface area contributed by atoms with Gasteiger partial charge in [-0.25, -0.2) is 0 Å². The maximum atomic E-state index is 13.3. The summed E-state index contributed by atoms with van der Waals surface area (Å²) < 4.78 is 17.1. The number of hydrogen-bond donors (Lipinski definition) is 1. The van der Waals surface area contributed by atoms with E-state index < -0.39 is 17.7 Å². The summed E-state index contributed by atoms with van der Waals surface area (Å²) in [4.78, 5) is 28.1. The van der Waals surface area contributed by atoms with Gasteiger partial charge in [-0.15, -0.1) is 0 Å². The van der Waals surface area contributed by atoms with E-state index in [2.05, 4.69) is 0 Å². The zero-order chi connectivity index (χ0) is 26.0. The van der Waals surface area contributed by atoms with Gasteiger partial charge in [-0.3, -0.25) is 9.59 Å². The zero-order valence-corrected chi connectivity index (χ0v) is 21.2. The van der Waals surface area contributed by atoms with Crippen molar-refractivity contribution in [3.8, 4) is 11.5 Å². The number of carbonyl (C=O) groups excluding carboxylic acids is 2. The lowest BCUT2D eigenvalue weighted by atomic mass is 9.95. The van der Waals surface area contributed by atoms with Gasteiger partial charge >= 0.3 is 0 Å². The number of aliphatic hydroxyl groups excluding tert-OH is 1. The minimum Gasteiger partial charge on any atom is -0.507 e. The Morgan fingerprint density at radius 2 is 1.83 bits per heavy atom. The van der Waals surface area contributed by atoms with Crippen molar-refractivity contribution in [2.75, 3.05) is 13.7 Å². The zero-order valence-electron chi connectivity index (χ0n) is 21.2. The SMILES string of the molecule is CCOc1ccc(/C(O)=C2\C(=O)C(=O)N(Cc3ccccc3OC)C2c2ccc(C)o2)cc1C(C)C. The van der Waals surface area contributed by atoms with Gasteiger partial charge in [-0.05, 0) is 61.7 Å². The smallest absolute Gasteiger partial charge is 0.296 e. The fourth-order valence-electron chi connectivity index (χ4n) is 4.55. The highest BCUT2D eigenvalue weighted by Crippen LogP contribution is 2.42. The van der Waals surface area contributed by atoms with Gasteiger partial charge < -0.3 is 23.9 Å². The summed E-state index contributed by atoms with van der Waals surface area (Å²) in [6, 6.07) is 15.2. The van der Waals surface area contributed by atoms with Crippen molar-refractivity contribution in [3.05, 3.63) is 88.4 Å². The van der Waals surface area contributed by atoms with Gasteiger partial charge in [0.25, 0.3) is 11.7 Å². The molecular weight excluding hydrogens is 458 g/mol. The van der Waals surface area contributed by atoms with E-state index in [-0.39, 0.29) is 23.8 Å². The van der Waals surface area contributed by atoms with Crippen LogP contribution >= 0.6 is 0 Å². The van der Waals surface area contributed by atoms with Crippen LogP contribution in [-0.4, -0.2) is 35.4 Å². The van der Waals surface area contributed by atoms with Crippen LogP contribution in [0.3, 0.4) is 0 Å². The van der Waals surface area contributed by atoms with E-state index in [1.807, 2.05) is 45.0 Å². The first-order valence-corrected chi connectivity index (χ1v) is 12.0. The summed E-state index contributed by atoms with van der Waals surface area (Å²) >= 11 is 0. The number of likely N-dealkylation sites (tertiary alicyclic amines) is 1. The van der Waals surface area contributed by atoms with Gasteiger partial charge in [0.1, 0.15) is 34.8 Å². The molecule has 0 spiro atoms. The molecule has 36 heavy (non-hydrogen) atoms. The Labute approximate surface area is 210 Å². The third-order valence-corrected chi connectivity index (χ3v) is 6.31. The fourth-order valence-corrected chi connectivity index (χ4v) is 4.55. The molecule has 1 aromatic heterocycles. The van der Waals surface area contributed by atoms with Gasteiger partial charge in [0.2, 0.25) is 0 Å². The summed E-state index contributed by atoms with van der Waals surface area (Å²) in [5.41, 5.74) is 2.06. The van der Waals surface area contributed by atoms with Gasteiger partial charge in [0.05, 0.1) is 25.8 Å². The van der Waals surface area contributed by atoms with E-state index in [9.17, 15) is 14.7 Å². The second-order valence-corrected chi connectivity index (χ2v) is 9.03. The van der Waals surface area contributed by atoms with Crippen LogP contribution in [0.15, 0.2) is 64.6 Å². The molecule has 2 aromatic carbocycles. The van der Waals surface area contributed by atoms with Crippen LogP contribution in [0.1, 0.15) is 60.9 Å². The molecule has 1 unspecified atom stereocenters.